The molecule has 0 spiro atoms. The summed E-state index contributed by atoms with van der Waals surface area (Å²) < 4.78 is 6.63. The molecule has 30 heavy (non-hydrogen) atoms. The number of amides is 1. The van der Waals surface area contributed by atoms with Gasteiger partial charge in [0.2, 0.25) is 11.8 Å². The maximum Gasteiger partial charge on any atom is 0.247 e. The molecule has 1 amide bonds. The Bertz CT molecular complexity index is 1050. The van der Waals surface area contributed by atoms with Gasteiger partial charge in [0.15, 0.2) is 0 Å². The van der Waals surface area contributed by atoms with Crippen LogP contribution in [0.5, 0.6) is 5.75 Å². The summed E-state index contributed by atoms with van der Waals surface area (Å²) in [6.45, 7) is 4.75. The van der Waals surface area contributed by atoms with Crippen LogP contribution in [0.4, 0.5) is 5.69 Å². The average Bonchev–Trinajstić information content (AvgIpc) is 3.14. The Morgan fingerprint density at radius 3 is 2.30 bits per heavy atom. The number of benzene rings is 2. The first-order valence-corrected chi connectivity index (χ1v) is 10.2. The van der Waals surface area contributed by atoms with E-state index in [0.717, 1.165) is 41.1 Å². The fraction of sp³-hybridized carbons (Fsp3) is 0.348. The lowest BCUT2D eigenvalue weighted by atomic mass is 10.2. The minimum absolute atomic E-state index is 0.0194. The van der Waals surface area contributed by atoms with Crippen molar-refractivity contribution in [1.82, 2.24) is 14.7 Å². The number of methoxy groups -OCH3 is 1. The van der Waals surface area contributed by atoms with Crippen LogP contribution in [0, 0.1) is 6.92 Å². The van der Waals surface area contributed by atoms with Gasteiger partial charge in [-0.25, -0.2) is 0 Å². The first kappa shape index (κ1) is 19.9. The molecule has 0 radical (unpaired) electrons. The van der Waals surface area contributed by atoms with Gasteiger partial charge in [-0.2, -0.15) is 9.78 Å². The van der Waals surface area contributed by atoms with Gasteiger partial charge in [0.05, 0.1) is 18.3 Å². The summed E-state index contributed by atoms with van der Waals surface area (Å²) in [6.07, 6.45) is 0.358. The molecule has 2 aromatic carbocycles. The van der Waals surface area contributed by atoms with E-state index in [4.69, 9.17) is 4.74 Å². The van der Waals surface area contributed by atoms with Crippen LogP contribution in [0.2, 0.25) is 0 Å². The standard InChI is InChI=1S/C23H26N4O3/c1-17-20-5-3-4-6-21(20)27(24-17)23(29)12-11-22(28)26-15-13-25(14-16-26)18-7-9-19(30-2)10-8-18/h3-10H,11-16H2,1-2H3. The Morgan fingerprint density at radius 2 is 1.60 bits per heavy atom. The first-order valence-electron chi connectivity index (χ1n) is 10.2. The van der Waals surface area contributed by atoms with Crippen LogP contribution in [0.1, 0.15) is 23.3 Å². The quantitative estimate of drug-likeness (QED) is 0.651. The lowest BCUT2D eigenvalue weighted by molar-refractivity contribution is -0.131. The van der Waals surface area contributed by atoms with Crippen LogP contribution in [0.25, 0.3) is 10.9 Å². The van der Waals surface area contributed by atoms with Crippen LogP contribution in [0.3, 0.4) is 0 Å². The molecule has 0 bridgehead atoms. The number of aromatic nitrogens is 2. The fourth-order valence-electron chi connectivity index (χ4n) is 3.90. The highest BCUT2D eigenvalue weighted by Gasteiger charge is 2.22. The topological polar surface area (TPSA) is 67.7 Å². The van der Waals surface area contributed by atoms with Crippen molar-refractivity contribution in [3.8, 4) is 5.75 Å². The summed E-state index contributed by atoms with van der Waals surface area (Å²) in [7, 11) is 1.65. The van der Waals surface area contributed by atoms with Crippen molar-refractivity contribution in [3.63, 3.8) is 0 Å². The fourth-order valence-corrected chi connectivity index (χ4v) is 3.90. The van der Waals surface area contributed by atoms with Crippen molar-refractivity contribution >= 4 is 28.4 Å². The van der Waals surface area contributed by atoms with Gasteiger partial charge in [0, 0.05) is 50.1 Å². The van der Waals surface area contributed by atoms with E-state index in [9.17, 15) is 9.59 Å². The molecular formula is C23H26N4O3. The van der Waals surface area contributed by atoms with E-state index >= 15 is 0 Å². The number of hydrogen-bond donors (Lipinski definition) is 0. The normalized spacial score (nSPS) is 14.2. The number of carbonyl (C=O) groups is 2. The van der Waals surface area contributed by atoms with Gasteiger partial charge >= 0.3 is 0 Å². The Kier molecular flexibility index (Phi) is 5.70. The van der Waals surface area contributed by atoms with Crippen molar-refractivity contribution < 1.29 is 14.3 Å². The molecule has 1 aromatic heterocycles. The zero-order valence-electron chi connectivity index (χ0n) is 17.4. The molecule has 1 fully saturated rings. The Labute approximate surface area is 175 Å². The molecule has 7 heteroatoms. The van der Waals surface area contributed by atoms with Crippen molar-refractivity contribution in [2.24, 2.45) is 0 Å². The first-order chi connectivity index (χ1) is 14.6. The molecule has 0 N–H and O–H groups in total. The lowest BCUT2D eigenvalue weighted by Gasteiger charge is -2.36. The van der Waals surface area contributed by atoms with E-state index in [1.807, 2.05) is 60.4 Å². The molecule has 1 saturated heterocycles. The van der Waals surface area contributed by atoms with Crippen LogP contribution in [0.15, 0.2) is 48.5 Å². The SMILES string of the molecule is COc1ccc(N2CCN(C(=O)CCC(=O)n3nc(C)c4ccccc43)CC2)cc1. The monoisotopic (exact) mass is 406 g/mol. The Hall–Kier alpha value is -3.35. The zero-order chi connectivity index (χ0) is 21.1. The third-order valence-electron chi connectivity index (χ3n) is 5.63. The van der Waals surface area contributed by atoms with Crippen LogP contribution in [-0.4, -0.2) is 59.8 Å². The largest absolute Gasteiger partial charge is 0.497 e. The molecule has 1 aliphatic rings. The number of para-hydroxylation sites is 1. The van der Waals surface area contributed by atoms with E-state index in [-0.39, 0.29) is 24.7 Å². The van der Waals surface area contributed by atoms with Crippen LogP contribution in [-0.2, 0) is 4.79 Å². The summed E-state index contributed by atoms with van der Waals surface area (Å²) in [4.78, 5) is 29.4. The molecule has 0 atom stereocenters. The maximum atomic E-state index is 12.7. The van der Waals surface area contributed by atoms with Crippen molar-refractivity contribution in [2.45, 2.75) is 19.8 Å². The van der Waals surface area contributed by atoms with Crippen molar-refractivity contribution in [3.05, 3.63) is 54.2 Å². The molecule has 0 aliphatic carbocycles. The third-order valence-corrected chi connectivity index (χ3v) is 5.63. The third kappa shape index (κ3) is 4.01. The smallest absolute Gasteiger partial charge is 0.247 e. The molecule has 156 valence electrons. The predicted octanol–water partition coefficient (Wildman–Crippen LogP) is 3.12. The van der Waals surface area contributed by atoms with E-state index < -0.39 is 0 Å². The number of nitrogens with zero attached hydrogens (tertiary/aromatic N) is 4. The number of rotatable bonds is 5. The number of aryl methyl sites for hydroxylation is 1. The number of carbonyl (C=O) groups excluding carboxylic acids is 2. The summed E-state index contributed by atoms with van der Waals surface area (Å²) in [6, 6.07) is 15.6. The van der Waals surface area contributed by atoms with E-state index in [0.29, 0.717) is 13.1 Å². The second-order valence-electron chi connectivity index (χ2n) is 7.47. The maximum absolute atomic E-state index is 12.7. The number of ether oxygens (including phenoxy) is 1. The highest BCUT2D eigenvalue weighted by molar-refractivity contribution is 5.93. The minimum Gasteiger partial charge on any atom is -0.497 e. The van der Waals surface area contributed by atoms with Crippen molar-refractivity contribution in [2.75, 3.05) is 38.2 Å². The number of anilines is 1. The van der Waals surface area contributed by atoms with Crippen LogP contribution < -0.4 is 9.64 Å². The summed E-state index contributed by atoms with van der Waals surface area (Å²) >= 11 is 0. The highest BCUT2D eigenvalue weighted by atomic mass is 16.5. The molecule has 7 nitrogen and oxygen atoms in total. The molecule has 2 heterocycles. The molecule has 1 aliphatic heterocycles. The van der Waals surface area contributed by atoms with Gasteiger partial charge in [-0.15, -0.1) is 0 Å². The second kappa shape index (κ2) is 8.57. The predicted molar refractivity (Wildman–Crippen MR) is 116 cm³/mol. The van der Waals surface area contributed by atoms with Crippen molar-refractivity contribution in [1.29, 1.82) is 0 Å². The average molecular weight is 406 g/mol. The minimum atomic E-state index is -0.149. The van der Waals surface area contributed by atoms with E-state index in [1.54, 1.807) is 7.11 Å². The van der Waals surface area contributed by atoms with Gasteiger partial charge in [-0.3, -0.25) is 9.59 Å². The number of piperazine rings is 1. The molecule has 0 saturated carbocycles. The van der Waals surface area contributed by atoms with E-state index in [2.05, 4.69) is 10.00 Å². The number of fused-ring (bicyclic) bond motifs is 1. The van der Waals surface area contributed by atoms with Gasteiger partial charge < -0.3 is 14.5 Å². The van der Waals surface area contributed by atoms with Crippen LogP contribution >= 0.6 is 0 Å². The Morgan fingerprint density at radius 1 is 0.933 bits per heavy atom. The lowest BCUT2D eigenvalue weighted by Crippen LogP contribution is -2.48. The highest BCUT2D eigenvalue weighted by Crippen LogP contribution is 2.21. The van der Waals surface area contributed by atoms with Gasteiger partial charge in [-0.05, 0) is 37.3 Å². The second-order valence-corrected chi connectivity index (χ2v) is 7.47. The summed E-state index contributed by atoms with van der Waals surface area (Å²) in [5.74, 6) is 0.702. The summed E-state index contributed by atoms with van der Waals surface area (Å²) in [5, 5.41) is 5.33. The van der Waals surface area contributed by atoms with E-state index in [1.165, 1.54) is 4.68 Å². The summed E-state index contributed by atoms with van der Waals surface area (Å²) in [5.41, 5.74) is 2.74. The zero-order valence-corrected chi connectivity index (χ0v) is 17.4. The Balaban J connectivity index is 1.31. The molecule has 4 rings (SSSR count). The molecule has 3 aromatic rings. The number of hydrogen-bond acceptors (Lipinski definition) is 5. The molecule has 0 unspecified atom stereocenters. The van der Waals surface area contributed by atoms with Gasteiger partial charge in [0.1, 0.15) is 5.75 Å². The van der Waals surface area contributed by atoms with Gasteiger partial charge in [-0.1, -0.05) is 18.2 Å². The van der Waals surface area contributed by atoms with Gasteiger partial charge in [0.25, 0.3) is 0 Å². The molecular weight excluding hydrogens is 380 g/mol.